The van der Waals surface area contributed by atoms with E-state index in [1.54, 1.807) is 4.90 Å². The van der Waals surface area contributed by atoms with Gasteiger partial charge in [-0.25, -0.2) is 9.97 Å². The van der Waals surface area contributed by atoms with Crippen molar-refractivity contribution in [3.05, 3.63) is 47.8 Å². The summed E-state index contributed by atoms with van der Waals surface area (Å²) in [4.78, 5) is 22.6. The molecule has 6 heteroatoms. The topological polar surface area (TPSA) is 78.4 Å². The maximum Gasteiger partial charge on any atom is 0.248 e. The smallest absolute Gasteiger partial charge is 0.248 e. The summed E-state index contributed by atoms with van der Waals surface area (Å²) in [6.07, 6.45) is 1.92. The maximum absolute atomic E-state index is 11.7. The predicted molar refractivity (Wildman–Crippen MR) is 92.1 cm³/mol. The van der Waals surface area contributed by atoms with Gasteiger partial charge in [-0.3, -0.25) is 4.79 Å². The van der Waals surface area contributed by atoms with Gasteiger partial charge >= 0.3 is 0 Å². The second-order valence-corrected chi connectivity index (χ2v) is 6.07. The molecule has 1 amide bonds. The molecule has 2 aromatic rings. The third kappa shape index (κ3) is 3.89. The predicted octanol–water partition coefficient (Wildman–Crippen LogP) is 2.23. The van der Waals surface area contributed by atoms with Gasteiger partial charge in [0.05, 0.1) is 0 Å². The first-order valence-corrected chi connectivity index (χ1v) is 8.22. The number of hydrogen-bond acceptors (Lipinski definition) is 5. The molecule has 6 nitrogen and oxygen atoms in total. The fourth-order valence-corrected chi connectivity index (χ4v) is 3.04. The third-order valence-electron chi connectivity index (χ3n) is 4.24. The van der Waals surface area contributed by atoms with Gasteiger partial charge in [-0.1, -0.05) is 12.1 Å². The van der Waals surface area contributed by atoms with Gasteiger partial charge in [0, 0.05) is 30.4 Å². The van der Waals surface area contributed by atoms with Crippen LogP contribution in [0.25, 0.3) is 0 Å². The number of nitrogens with zero attached hydrogens (tertiary/aromatic N) is 3. The van der Waals surface area contributed by atoms with E-state index in [0.29, 0.717) is 13.1 Å². The minimum atomic E-state index is -0.430. The monoisotopic (exact) mass is 326 g/mol. The molecular formula is C18H22N4O2. The number of rotatable bonds is 4. The molecule has 0 aliphatic carbocycles. The molecular weight excluding hydrogens is 304 g/mol. The van der Waals surface area contributed by atoms with Crippen LogP contribution in [0.4, 0.5) is 11.6 Å². The molecule has 1 saturated heterocycles. The van der Waals surface area contributed by atoms with Gasteiger partial charge in [0.1, 0.15) is 18.2 Å². The molecule has 0 aromatic carbocycles. The molecule has 2 N–H and O–H groups in total. The number of nitrogens with one attached hydrogen (secondary N) is 1. The van der Waals surface area contributed by atoms with E-state index in [1.165, 1.54) is 0 Å². The summed E-state index contributed by atoms with van der Waals surface area (Å²) in [6, 6.07) is 11.7. The highest BCUT2D eigenvalue weighted by atomic mass is 16.3. The lowest BCUT2D eigenvalue weighted by atomic mass is 9.94. The van der Waals surface area contributed by atoms with Crippen molar-refractivity contribution in [1.82, 2.24) is 14.9 Å². The molecule has 126 valence electrons. The van der Waals surface area contributed by atoms with Gasteiger partial charge in [-0.2, -0.15) is 0 Å². The second-order valence-electron chi connectivity index (χ2n) is 6.07. The Bertz CT molecular complexity index is 720. The number of aliphatic hydroxyl groups is 1. The van der Waals surface area contributed by atoms with Crippen LogP contribution >= 0.6 is 0 Å². The van der Waals surface area contributed by atoms with Gasteiger partial charge in [-0.05, 0) is 44.0 Å². The molecule has 3 heterocycles. The van der Waals surface area contributed by atoms with Crippen LogP contribution in [0.15, 0.2) is 36.4 Å². The summed E-state index contributed by atoms with van der Waals surface area (Å²) in [5.74, 6) is 1.50. The van der Waals surface area contributed by atoms with Gasteiger partial charge in [0.2, 0.25) is 5.91 Å². The summed E-state index contributed by atoms with van der Waals surface area (Å²) in [5.41, 5.74) is 1.91. The zero-order chi connectivity index (χ0) is 16.9. The fraction of sp³-hybridized carbons (Fsp3) is 0.389. The summed E-state index contributed by atoms with van der Waals surface area (Å²) in [5, 5.41) is 12.3. The molecule has 1 aliphatic heterocycles. The molecule has 0 radical (unpaired) electrons. The molecule has 1 atom stereocenters. The molecule has 24 heavy (non-hydrogen) atoms. The number of aryl methyl sites for hydroxylation is 1. The number of amides is 1. The Morgan fingerprint density at radius 1 is 1.25 bits per heavy atom. The van der Waals surface area contributed by atoms with Crippen LogP contribution in [0, 0.1) is 6.92 Å². The normalized spacial score (nSPS) is 17.6. The van der Waals surface area contributed by atoms with Crippen molar-refractivity contribution in [3.8, 4) is 0 Å². The van der Waals surface area contributed by atoms with Crippen molar-refractivity contribution in [1.29, 1.82) is 0 Å². The first kappa shape index (κ1) is 16.4. The molecule has 1 aliphatic rings. The van der Waals surface area contributed by atoms with Gasteiger partial charge in [-0.15, -0.1) is 0 Å². The number of aliphatic hydroxyl groups excluding tert-OH is 1. The summed E-state index contributed by atoms with van der Waals surface area (Å²) in [7, 11) is 0. The molecule has 3 rings (SSSR count). The zero-order valence-electron chi connectivity index (χ0n) is 13.8. The Morgan fingerprint density at radius 3 is 2.75 bits per heavy atom. The van der Waals surface area contributed by atoms with Crippen molar-refractivity contribution in [2.24, 2.45) is 0 Å². The van der Waals surface area contributed by atoms with Gasteiger partial charge in [0.25, 0.3) is 0 Å². The quantitative estimate of drug-likeness (QED) is 0.901. The van der Waals surface area contributed by atoms with Gasteiger partial charge < -0.3 is 15.3 Å². The van der Waals surface area contributed by atoms with E-state index in [9.17, 15) is 4.79 Å². The van der Waals surface area contributed by atoms with Crippen molar-refractivity contribution < 1.29 is 9.90 Å². The summed E-state index contributed by atoms with van der Waals surface area (Å²) < 4.78 is 0. The first-order valence-electron chi connectivity index (χ1n) is 8.22. The Hall–Kier alpha value is -2.47. The minimum absolute atomic E-state index is 0.196. The number of anilines is 2. The van der Waals surface area contributed by atoms with Crippen LogP contribution in [0.3, 0.4) is 0 Å². The highest BCUT2D eigenvalue weighted by molar-refractivity contribution is 5.77. The van der Waals surface area contributed by atoms with E-state index in [2.05, 4.69) is 15.3 Å². The largest absolute Gasteiger partial charge is 0.387 e. The van der Waals surface area contributed by atoms with Gasteiger partial charge in [0.15, 0.2) is 0 Å². The Balaban J connectivity index is 1.74. The van der Waals surface area contributed by atoms with Crippen molar-refractivity contribution in [2.75, 3.05) is 25.0 Å². The van der Waals surface area contributed by atoms with Crippen LogP contribution in [0.2, 0.25) is 0 Å². The SMILES string of the molecule is Cc1cccc(Nc2cccc([C@H]3CCCN(C(=O)CO)C3)n2)n1. The van der Waals surface area contributed by atoms with Crippen LogP contribution < -0.4 is 5.32 Å². The number of carbonyl (C=O) groups excluding carboxylic acids is 1. The van der Waals surface area contributed by atoms with E-state index in [4.69, 9.17) is 5.11 Å². The molecule has 2 aromatic heterocycles. The van der Waals surface area contributed by atoms with E-state index >= 15 is 0 Å². The Kier molecular flexibility index (Phi) is 5.05. The Morgan fingerprint density at radius 2 is 2.00 bits per heavy atom. The lowest BCUT2D eigenvalue weighted by molar-refractivity contribution is -0.135. The third-order valence-corrected chi connectivity index (χ3v) is 4.24. The number of pyridine rings is 2. The number of carbonyl (C=O) groups is 1. The number of hydrogen-bond donors (Lipinski definition) is 2. The average molecular weight is 326 g/mol. The first-order chi connectivity index (χ1) is 11.7. The van der Waals surface area contributed by atoms with Crippen LogP contribution in [-0.2, 0) is 4.79 Å². The number of likely N-dealkylation sites (tertiary alicyclic amines) is 1. The summed E-state index contributed by atoms with van der Waals surface area (Å²) in [6.45, 7) is 2.84. The molecule has 0 bridgehead atoms. The second kappa shape index (κ2) is 7.40. The molecule has 1 fully saturated rings. The van der Waals surface area contributed by atoms with E-state index in [0.717, 1.165) is 35.9 Å². The van der Waals surface area contributed by atoms with E-state index < -0.39 is 6.61 Å². The zero-order valence-corrected chi connectivity index (χ0v) is 13.8. The number of piperidine rings is 1. The van der Waals surface area contributed by atoms with Crippen LogP contribution in [0.1, 0.15) is 30.1 Å². The number of aromatic nitrogens is 2. The molecule has 0 spiro atoms. The lowest BCUT2D eigenvalue weighted by Crippen LogP contribution is -2.40. The maximum atomic E-state index is 11.7. The Labute approximate surface area is 141 Å². The average Bonchev–Trinajstić information content (AvgIpc) is 2.61. The minimum Gasteiger partial charge on any atom is -0.387 e. The van der Waals surface area contributed by atoms with E-state index in [-0.39, 0.29) is 11.8 Å². The van der Waals surface area contributed by atoms with Crippen LogP contribution in [-0.4, -0.2) is 45.6 Å². The highest BCUT2D eigenvalue weighted by Gasteiger charge is 2.25. The molecule has 0 saturated carbocycles. The van der Waals surface area contributed by atoms with Crippen molar-refractivity contribution >= 4 is 17.5 Å². The molecule has 0 unspecified atom stereocenters. The lowest BCUT2D eigenvalue weighted by Gasteiger charge is -2.32. The summed E-state index contributed by atoms with van der Waals surface area (Å²) >= 11 is 0. The standard InChI is InChI=1S/C18H22N4O2/c1-13-5-2-8-16(19-13)21-17-9-3-7-15(20-17)14-6-4-10-22(11-14)18(24)12-23/h2-3,5,7-9,14,23H,4,6,10-12H2,1H3,(H,19,20,21)/t14-/m0/s1. The van der Waals surface area contributed by atoms with Crippen molar-refractivity contribution in [3.63, 3.8) is 0 Å². The van der Waals surface area contributed by atoms with Crippen molar-refractivity contribution in [2.45, 2.75) is 25.7 Å². The van der Waals surface area contributed by atoms with E-state index in [1.807, 2.05) is 43.3 Å². The fourth-order valence-electron chi connectivity index (χ4n) is 3.04. The van der Waals surface area contributed by atoms with Crippen LogP contribution in [0.5, 0.6) is 0 Å². The highest BCUT2D eigenvalue weighted by Crippen LogP contribution is 2.27.